The Morgan fingerprint density at radius 1 is 1.38 bits per heavy atom. The first-order valence-electron chi connectivity index (χ1n) is 6.38. The van der Waals surface area contributed by atoms with Crippen LogP contribution in [-0.2, 0) is 9.53 Å². The maximum Gasteiger partial charge on any atom is 0.310 e. The van der Waals surface area contributed by atoms with Gasteiger partial charge in [-0.05, 0) is 41.1 Å². The van der Waals surface area contributed by atoms with Crippen LogP contribution in [0.3, 0.4) is 0 Å². The van der Waals surface area contributed by atoms with E-state index in [2.05, 4.69) is 22.6 Å². The minimum Gasteiger partial charge on any atom is -0.496 e. The Hall–Kier alpha value is -1.02. The van der Waals surface area contributed by atoms with Crippen LogP contribution in [0.2, 0.25) is 5.02 Å². The molecule has 1 aliphatic rings. The number of rotatable bonds is 3. The molecule has 0 saturated carbocycles. The zero-order chi connectivity index (χ0) is 15.6. The summed E-state index contributed by atoms with van der Waals surface area (Å²) in [4.78, 5) is 25.7. The molecule has 0 aromatic heterocycles. The van der Waals surface area contributed by atoms with Gasteiger partial charge >= 0.3 is 5.97 Å². The fourth-order valence-electron chi connectivity index (χ4n) is 2.34. The molecule has 7 heteroatoms. The Labute approximate surface area is 141 Å². The zero-order valence-corrected chi connectivity index (χ0v) is 14.6. The summed E-state index contributed by atoms with van der Waals surface area (Å²) in [6, 6.07) is 3.33. The monoisotopic (exact) mass is 423 g/mol. The smallest absolute Gasteiger partial charge is 0.310 e. The Kier molecular flexibility index (Phi) is 5.32. The van der Waals surface area contributed by atoms with Crippen molar-refractivity contribution in [3.05, 3.63) is 26.3 Å². The molecule has 0 aliphatic carbocycles. The van der Waals surface area contributed by atoms with Crippen LogP contribution in [0.5, 0.6) is 5.75 Å². The van der Waals surface area contributed by atoms with Gasteiger partial charge in [-0.2, -0.15) is 0 Å². The normalized spacial score (nSPS) is 17.7. The van der Waals surface area contributed by atoms with Gasteiger partial charge < -0.3 is 14.4 Å². The number of hydrogen-bond donors (Lipinski definition) is 0. The number of carbonyl (C=O) groups excluding carboxylic acids is 2. The number of halogens is 2. The first-order valence-corrected chi connectivity index (χ1v) is 7.83. The molecule has 5 nitrogen and oxygen atoms in total. The van der Waals surface area contributed by atoms with Crippen molar-refractivity contribution in [1.82, 2.24) is 4.90 Å². The maximum atomic E-state index is 12.6. The van der Waals surface area contributed by atoms with E-state index < -0.39 is 0 Å². The predicted octanol–water partition coefficient (Wildman–Crippen LogP) is 2.59. The average molecular weight is 424 g/mol. The highest BCUT2D eigenvalue weighted by molar-refractivity contribution is 14.1. The van der Waals surface area contributed by atoms with Crippen LogP contribution in [0, 0.1) is 9.49 Å². The zero-order valence-electron chi connectivity index (χ0n) is 11.7. The number of carbonyl (C=O) groups is 2. The molecule has 0 N–H and O–H groups in total. The summed E-state index contributed by atoms with van der Waals surface area (Å²) in [7, 11) is 2.87. The molecule has 1 saturated heterocycles. The van der Waals surface area contributed by atoms with Crippen LogP contribution in [0.25, 0.3) is 0 Å². The summed E-state index contributed by atoms with van der Waals surface area (Å²) < 4.78 is 10.8. The second-order valence-corrected chi connectivity index (χ2v) is 6.30. The van der Waals surface area contributed by atoms with Crippen LogP contribution in [0.1, 0.15) is 16.8 Å². The Bertz CT molecular complexity index is 578. The average Bonchev–Trinajstić information content (AvgIpc) is 2.97. The third kappa shape index (κ3) is 3.42. The van der Waals surface area contributed by atoms with E-state index in [9.17, 15) is 9.59 Å². The minimum absolute atomic E-state index is 0.184. The second kappa shape index (κ2) is 6.83. The van der Waals surface area contributed by atoms with Gasteiger partial charge in [0, 0.05) is 16.7 Å². The molecule has 1 heterocycles. The number of amides is 1. The van der Waals surface area contributed by atoms with Gasteiger partial charge in [0.1, 0.15) is 5.75 Å². The Balaban J connectivity index is 2.21. The molecule has 0 bridgehead atoms. The highest BCUT2D eigenvalue weighted by atomic mass is 127. The van der Waals surface area contributed by atoms with E-state index >= 15 is 0 Å². The van der Waals surface area contributed by atoms with Gasteiger partial charge in [0.2, 0.25) is 0 Å². The quantitative estimate of drug-likeness (QED) is 0.554. The van der Waals surface area contributed by atoms with Gasteiger partial charge in [-0.1, -0.05) is 11.6 Å². The standard InChI is InChI=1S/C14H15ClINO4/c1-20-12-6-11(16)10(15)5-9(12)13(18)17-4-3-8(7-17)14(19)21-2/h5-6,8H,3-4,7H2,1-2H3. The van der Waals surface area contributed by atoms with Gasteiger partial charge in [-0.15, -0.1) is 0 Å². The molecular formula is C14H15ClINO4. The van der Waals surface area contributed by atoms with Crippen LogP contribution in [0.4, 0.5) is 0 Å². The van der Waals surface area contributed by atoms with Crippen LogP contribution in [0.15, 0.2) is 12.1 Å². The first-order chi connectivity index (χ1) is 9.97. The molecule has 1 aliphatic heterocycles. The molecular weight excluding hydrogens is 409 g/mol. The number of ether oxygens (including phenoxy) is 2. The molecule has 1 unspecified atom stereocenters. The summed E-state index contributed by atoms with van der Waals surface area (Å²) in [6.45, 7) is 0.879. The van der Waals surface area contributed by atoms with Crippen LogP contribution in [-0.4, -0.2) is 44.1 Å². The SMILES string of the molecule is COC(=O)C1CCN(C(=O)c2cc(Cl)c(I)cc2OC)C1. The predicted molar refractivity (Wildman–Crippen MR) is 86.7 cm³/mol. The molecule has 1 atom stereocenters. The van der Waals surface area contributed by atoms with Crippen molar-refractivity contribution in [1.29, 1.82) is 0 Å². The van der Waals surface area contributed by atoms with Crippen LogP contribution >= 0.6 is 34.2 Å². The van der Waals surface area contributed by atoms with Gasteiger partial charge in [0.05, 0.1) is 30.7 Å². The fraction of sp³-hybridized carbons (Fsp3) is 0.429. The van der Waals surface area contributed by atoms with Crippen molar-refractivity contribution in [2.24, 2.45) is 5.92 Å². The number of likely N-dealkylation sites (tertiary alicyclic amines) is 1. The van der Waals surface area contributed by atoms with Crippen LogP contribution < -0.4 is 4.74 Å². The largest absolute Gasteiger partial charge is 0.496 e. The lowest BCUT2D eigenvalue weighted by Gasteiger charge is -2.18. The van der Waals surface area contributed by atoms with Crippen molar-refractivity contribution < 1.29 is 19.1 Å². The molecule has 1 fully saturated rings. The lowest BCUT2D eigenvalue weighted by Crippen LogP contribution is -2.30. The van der Waals surface area contributed by atoms with Gasteiger partial charge in [0.15, 0.2) is 0 Å². The van der Waals surface area contributed by atoms with Gasteiger partial charge in [-0.3, -0.25) is 9.59 Å². The van der Waals surface area contributed by atoms with E-state index in [1.807, 2.05) is 0 Å². The number of hydrogen-bond acceptors (Lipinski definition) is 4. The molecule has 1 amide bonds. The van der Waals surface area contributed by atoms with Crippen molar-refractivity contribution in [2.75, 3.05) is 27.3 Å². The highest BCUT2D eigenvalue weighted by Gasteiger charge is 2.33. The maximum absolute atomic E-state index is 12.6. The van der Waals surface area contributed by atoms with E-state index in [-0.39, 0.29) is 17.8 Å². The van der Waals surface area contributed by atoms with Gasteiger partial charge in [0.25, 0.3) is 5.91 Å². The van der Waals surface area contributed by atoms with E-state index in [0.29, 0.717) is 35.8 Å². The molecule has 2 rings (SSSR count). The second-order valence-electron chi connectivity index (χ2n) is 4.73. The Morgan fingerprint density at radius 3 is 2.71 bits per heavy atom. The van der Waals surface area contributed by atoms with E-state index in [1.54, 1.807) is 17.0 Å². The first kappa shape index (κ1) is 16.4. The molecule has 1 aromatic carbocycles. The van der Waals surface area contributed by atoms with E-state index in [0.717, 1.165) is 3.57 Å². The number of benzene rings is 1. The topological polar surface area (TPSA) is 55.8 Å². The third-order valence-electron chi connectivity index (χ3n) is 3.48. The number of esters is 1. The van der Waals surface area contributed by atoms with Crippen molar-refractivity contribution >= 4 is 46.1 Å². The lowest BCUT2D eigenvalue weighted by atomic mass is 10.1. The lowest BCUT2D eigenvalue weighted by molar-refractivity contribution is -0.144. The number of nitrogens with zero attached hydrogens (tertiary/aromatic N) is 1. The molecule has 21 heavy (non-hydrogen) atoms. The molecule has 1 aromatic rings. The summed E-state index contributed by atoms with van der Waals surface area (Å²) >= 11 is 8.17. The number of methoxy groups -OCH3 is 2. The van der Waals surface area contributed by atoms with E-state index in [1.165, 1.54) is 14.2 Å². The highest BCUT2D eigenvalue weighted by Crippen LogP contribution is 2.30. The van der Waals surface area contributed by atoms with Crippen molar-refractivity contribution in [3.8, 4) is 5.75 Å². The minimum atomic E-state index is -0.280. The summed E-state index contributed by atoms with van der Waals surface area (Å²) in [6.07, 6.45) is 0.610. The van der Waals surface area contributed by atoms with Crippen molar-refractivity contribution in [3.63, 3.8) is 0 Å². The Morgan fingerprint density at radius 2 is 2.10 bits per heavy atom. The summed E-state index contributed by atoms with van der Waals surface area (Å²) in [5.74, 6) is -0.242. The third-order valence-corrected chi connectivity index (χ3v) is 5.01. The molecule has 114 valence electrons. The molecule has 0 radical (unpaired) electrons. The molecule has 0 spiro atoms. The summed E-state index contributed by atoms with van der Waals surface area (Å²) in [5, 5.41) is 0.503. The summed E-state index contributed by atoms with van der Waals surface area (Å²) in [5.41, 5.74) is 0.411. The van der Waals surface area contributed by atoms with Gasteiger partial charge in [-0.25, -0.2) is 0 Å². The van der Waals surface area contributed by atoms with Crippen molar-refractivity contribution in [2.45, 2.75) is 6.42 Å². The fourth-order valence-corrected chi connectivity index (χ4v) is 2.94. The van der Waals surface area contributed by atoms with E-state index in [4.69, 9.17) is 21.1 Å².